The lowest BCUT2D eigenvalue weighted by molar-refractivity contribution is -0.00778. The van der Waals surface area contributed by atoms with Gasteiger partial charge < -0.3 is 15.5 Å². The topological polar surface area (TPSA) is 93.7 Å². The summed E-state index contributed by atoms with van der Waals surface area (Å²) in [6.07, 6.45) is 4.43. The molecule has 1 saturated carbocycles. The van der Waals surface area contributed by atoms with Crippen molar-refractivity contribution in [2.24, 2.45) is 0 Å². The summed E-state index contributed by atoms with van der Waals surface area (Å²) in [6, 6.07) is 5.63. The fourth-order valence-electron chi connectivity index (χ4n) is 5.93. The maximum Gasteiger partial charge on any atom is 0.229 e. The van der Waals surface area contributed by atoms with E-state index in [1.54, 1.807) is 10.4 Å². The van der Waals surface area contributed by atoms with Gasteiger partial charge in [0.25, 0.3) is 0 Å². The molecular formula is C27H39ClFN7O2S. The summed E-state index contributed by atoms with van der Waals surface area (Å²) in [4.78, 5) is 13.0. The minimum Gasteiger partial charge on any atom is -0.368 e. The van der Waals surface area contributed by atoms with Crippen LogP contribution in [-0.2, 0) is 10.0 Å². The van der Waals surface area contributed by atoms with Crippen LogP contribution in [0.4, 0.5) is 27.5 Å². The van der Waals surface area contributed by atoms with Crippen LogP contribution in [0.2, 0.25) is 5.02 Å². The van der Waals surface area contributed by atoms with E-state index >= 15 is 0 Å². The first-order valence-corrected chi connectivity index (χ1v) is 15.5. The summed E-state index contributed by atoms with van der Waals surface area (Å²) in [7, 11) is -1.02. The van der Waals surface area contributed by atoms with Gasteiger partial charge in [-0.2, -0.15) is 9.29 Å². The number of likely N-dealkylation sites (tertiary alicyclic amines) is 1. The first kappa shape index (κ1) is 28.3. The highest BCUT2D eigenvalue weighted by Gasteiger charge is 2.43. The van der Waals surface area contributed by atoms with Gasteiger partial charge in [0.1, 0.15) is 0 Å². The first-order chi connectivity index (χ1) is 18.3. The van der Waals surface area contributed by atoms with E-state index in [0.29, 0.717) is 36.9 Å². The summed E-state index contributed by atoms with van der Waals surface area (Å²) in [5.41, 5.74) is 1.44. The van der Waals surface area contributed by atoms with Crippen molar-refractivity contribution in [3.63, 3.8) is 0 Å². The average molecular weight is 580 g/mol. The van der Waals surface area contributed by atoms with E-state index in [1.807, 2.05) is 12.1 Å². The van der Waals surface area contributed by atoms with Crippen molar-refractivity contribution in [3.05, 3.63) is 35.2 Å². The number of benzene rings is 1. The molecule has 3 aliphatic rings. The number of halogens is 2. The van der Waals surface area contributed by atoms with Gasteiger partial charge in [-0.05, 0) is 78.6 Å². The van der Waals surface area contributed by atoms with Gasteiger partial charge >= 0.3 is 0 Å². The highest BCUT2D eigenvalue weighted by atomic mass is 35.5. The number of aromatic nitrogens is 2. The summed E-state index contributed by atoms with van der Waals surface area (Å²) in [5, 5.41) is 6.81. The molecule has 3 heterocycles. The van der Waals surface area contributed by atoms with E-state index in [1.165, 1.54) is 6.20 Å². The number of sulfonamides is 1. The molecule has 0 unspecified atom stereocenters. The second-order valence-electron chi connectivity index (χ2n) is 12.2. The van der Waals surface area contributed by atoms with Crippen LogP contribution in [0.15, 0.2) is 24.4 Å². The van der Waals surface area contributed by atoms with Crippen LogP contribution in [0.25, 0.3) is 0 Å². The summed E-state index contributed by atoms with van der Waals surface area (Å²) < 4.78 is 41.4. The van der Waals surface area contributed by atoms with Crippen molar-refractivity contribution in [2.45, 2.75) is 75.7 Å². The largest absolute Gasteiger partial charge is 0.368 e. The zero-order valence-corrected chi connectivity index (χ0v) is 24.9. The number of hydrogen-bond acceptors (Lipinski definition) is 8. The third-order valence-electron chi connectivity index (χ3n) is 8.48. The van der Waals surface area contributed by atoms with Gasteiger partial charge in [-0.1, -0.05) is 11.6 Å². The minimum atomic E-state index is -3.16. The second kappa shape index (κ2) is 10.3. The highest BCUT2D eigenvalue weighted by molar-refractivity contribution is 7.90. The Morgan fingerprint density at radius 3 is 2.28 bits per heavy atom. The van der Waals surface area contributed by atoms with E-state index in [4.69, 9.17) is 11.6 Å². The number of anilines is 4. The monoisotopic (exact) mass is 579 g/mol. The number of rotatable bonds is 7. The van der Waals surface area contributed by atoms with Gasteiger partial charge in [0.15, 0.2) is 11.6 Å². The fourth-order valence-corrected chi connectivity index (χ4v) is 8.05. The van der Waals surface area contributed by atoms with E-state index in [-0.39, 0.29) is 34.1 Å². The van der Waals surface area contributed by atoms with Crippen molar-refractivity contribution in [2.75, 3.05) is 48.8 Å². The zero-order chi connectivity index (χ0) is 28.2. The Labute approximate surface area is 236 Å². The van der Waals surface area contributed by atoms with E-state index < -0.39 is 15.8 Å². The molecule has 1 aromatic heterocycles. The molecule has 3 fully saturated rings. The Hall–Kier alpha value is -2.21. The van der Waals surface area contributed by atoms with Crippen molar-refractivity contribution < 1.29 is 12.8 Å². The van der Waals surface area contributed by atoms with Crippen LogP contribution >= 0.6 is 11.6 Å². The van der Waals surface area contributed by atoms with Gasteiger partial charge in [0.05, 0.1) is 22.2 Å². The molecule has 2 saturated heterocycles. The molecule has 9 nitrogen and oxygen atoms in total. The van der Waals surface area contributed by atoms with Crippen LogP contribution in [0.1, 0.15) is 53.4 Å². The molecule has 0 amide bonds. The molecule has 0 spiro atoms. The minimum absolute atomic E-state index is 0.0411. The van der Waals surface area contributed by atoms with Crippen LogP contribution in [0.5, 0.6) is 0 Å². The van der Waals surface area contributed by atoms with Gasteiger partial charge in [0, 0.05) is 49.0 Å². The van der Waals surface area contributed by atoms with Crippen LogP contribution in [0.3, 0.4) is 0 Å². The van der Waals surface area contributed by atoms with Gasteiger partial charge in [-0.15, -0.1) is 0 Å². The van der Waals surface area contributed by atoms with Crippen molar-refractivity contribution in [1.29, 1.82) is 0 Å². The lowest BCUT2D eigenvalue weighted by Gasteiger charge is -2.53. The first-order valence-electron chi connectivity index (χ1n) is 13.6. The lowest BCUT2D eigenvalue weighted by Crippen LogP contribution is -2.61. The maximum atomic E-state index is 14.7. The maximum absolute atomic E-state index is 14.7. The highest BCUT2D eigenvalue weighted by Crippen LogP contribution is 2.38. The molecule has 1 aliphatic carbocycles. The quantitative estimate of drug-likeness (QED) is 0.488. The fraction of sp³-hybridized carbons (Fsp3) is 0.630. The zero-order valence-electron chi connectivity index (χ0n) is 23.3. The number of nitrogens with zero attached hydrogens (tertiary/aromatic N) is 5. The van der Waals surface area contributed by atoms with Crippen LogP contribution in [0, 0.1) is 5.82 Å². The normalized spacial score (nSPS) is 22.6. The smallest absolute Gasteiger partial charge is 0.229 e. The number of piperidine rings is 1. The third-order valence-corrected chi connectivity index (χ3v) is 11.2. The Kier molecular flexibility index (Phi) is 7.49. The third kappa shape index (κ3) is 5.96. The molecule has 0 atom stereocenters. The van der Waals surface area contributed by atoms with Gasteiger partial charge in [-0.3, -0.25) is 4.90 Å². The Bertz CT molecular complexity index is 1310. The van der Waals surface area contributed by atoms with E-state index in [0.717, 1.165) is 31.4 Å². The molecule has 1 aromatic carbocycles. The van der Waals surface area contributed by atoms with Crippen molar-refractivity contribution in [3.8, 4) is 0 Å². The van der Waals surface area contributed by atoms with Gasteiger partial charge in [0.2, 0.25) is 16.0 Å². The predicted octanol–water partition coefficient (Wildman–Crippen LogP) is 4.69. The molecule has 2 aliphatic heterocycles. The molecule has 2 aromatic rings. The number of piperazine rings is 1. The Balaban J connectivity index is 1.24. The SMILES string of the molecule is CN1C(C)(C)CC(Nc2nc(Nc3ccc(N4CCN(S(=O)(=O)C5CC5)CC4)c(Cl)c3)ncc2F)CC1(C)C. The summed E-state index contributed by atoms with van der Waals surface area (Å²) in [6.45, 7) is 10.9. The molecule has 12 heteroatoms. The predicted molar refractivity (Wildman–Crippen MR) is 155 cm³/mol. The Morgan fingerprint density at radius 2 is 1.69 bits per heavy atom. The molecule has 0 bridgehead atoms. The molecular weight excluding hydrogens is 541 g/mol. The number of nitrogens with one attached hydrogen (secondary N) is 2. The summed E-state index contributed by atoms with van der Waals surface area (Å²) >= 11 is 6.64. The molecule has 39 heavy (non-hydrogen) atoms. The van der Waals surface area contributed by atoms with Crippen LogP contribution < -0.4 is 15.5 Å². The lowest BCUT2D eigenvalue weighted by atomic mass is 9.77. The molecule has 5 rings (SSSR count). The van der Waals surface area contributed by atoms with Gasteiger partial charge in [-0.25, -0.2) is 17.8 Å². The standard InChI is InChI=1S/C27H39ClFN7O2S/c1-26(2)15-19(16-27(3,4)34(26)5)31-24-22(29)17-30-25(33-24)32-18-6-9-23(21(28)14-18)35-10-12-36(13-11-35)39(37,38)20-7-8-20/h6,9,14,17,19-20H,7-8,10-13,15-16H2,1-5H3,(H2,30,31,32,33). The van der Waals surface area contributed by atoms with Crippen molar-refractivity contribution in [1.82, 2.24) is 19.2 Å². The summed E-state index contributed by atoms with van der Waals surface area (Å²) in [5.74, 6) is -0.0465. The molecule has 2 N–H and O–H groups in total. The van der Waals surface area contributed by atoms with E-state index in [9.17, 15) is 12.8 Å². The number of hydrogen-bond donors (Lipinski definition) is 2. The molecule has 214 valence electrons. The second-order valence-corrected chi connectivity index (χ2v) is 14.9. The van der Waals surface area contributed by atoms with Crippen LogP contribution in [-0.4, -0.2) is 83.2 Å². The molecule has 0 radical (unpaired) electrons. The Morgan fingerprint density at radius 1 is 1.05 bits per heavy atom. The van der Waals surface area contributed by atoms with E-state index in [2.05, 4.69) is 65.1 Å². The average Bonchev–Trinajstić information content (AvgIpc) is 3.71. The van der Waals surface area contributed by atoms with Crippen molar-refractivity contribution >= 4 is 44.8 Å².